The van der Waals surface area contributed by atoms with Crippen LogP contribution in [0.5, 0.6) is 0 Å². The van der Waals surface area contributed by atoms with E-state index in [4.69, 9.17) is 0 Å². The second-order valence-corrected chi connectivity index (χ2v) is 9.43. The molecule has 0 saturated carbocycles. The van der Waals surface area contributed by atoms with Crippen LogP contribution in [-0.2, 0) is 12.1 Å². The summed E-state index contributed by atoms with van der Waals surface area (Å²) in [5.74, 6) is 0. The fourth-order valence-corrected chi connectivity index (χ4v) is 5.98. The molecule has 2 aromatic carbocycles. The number of aromatic nitrogens is 2. The van der Waals surface area contributed by atoms with Gasteiger partial charge >= 0.3 is 0 Å². The highest BCUT2D eigenvalue weighted by molar-refractivity contribution is 5.39. The van der Waals surface area contributed by atoms with Crippen LogP contribution in [0.25, 0.3) is 0 Å². The number of hydrogen-bond donors (Lipinski definition) is 1. The molecule has 1 N–H and O–H groups in total. The van der Waals surface area contributed by atoms with Crippen LogP contribution < -0.4 is 0 Å². The summed E-state index contributed by atoms with van der Waals surface area (Å²) in [5, 5.41) is 17.0. The van der Waals surface area contributed by atoms with Crippen molar-refractivity contribution in [2.24, 2.45) is 5.41 Å². The Balaban J connectivity index is 1.43. The molecular formula is C26H32N3O+. The maximum atomic E-state index is 12.4. The van der Waals surface area contributed by atoms with E-state index in [1.165, 1.54) is 4.48 Å². The lowest BCUT2D eigenvalue weighted by Crippen LogP contribution is -2.67. The molecule has 3 fully saturated rings. The molecule has 3 aliphatic rings. The molecule has 3 aromatic rings. The minimum Gasteiger partial charge on any atom is -0.380 e. The minimum atomic E-state index is -0.939. The van der Waals surface area contributed by atoms with E-state index in [1.807, 2.05) is 19.1 Å². The highest BCUT2D eigenvalue weighted by Crippen LogP contribution is 2.57. The van der Waals surface area contributed by atoms with E-state index in [2.05, 4.69) is 70.6 Å². The van der Waals surface area contributed by atoms with Crippen molar-refractivity contribution in [1.82, 2.24) is 9.78 Å². The van der Waals surface area contributed by atoms with Gasteiger partial charge in [0.1, 0.15) is 5.60 Å². The Morgan fingerprint density at radius 1 is 0.900 bits per heavy atom. The fourth-order valence-electron chi connectivity index (χ4n) is 5.98. The smallest absolute Gasteiger partial charge is 0.121 e. The Kier molecular flexibility index (Phi) is 4.79. The molecule has 30 heavy (non-hydrogen) atoms. The largest absolute Gasteiger partial charge is 0.380 e. The number of piperidine rings is 3. The highest BCUT2D eigenvalue weighted by Gasteiger charge is 2.60. The first kappa shape index (κ1) is 19.5. The maximum Gasteiger partial charge on any atom is 0.121 e. The van der Waals surface area contributed by atoms with Gasteiger partial charge in [0.2, 0.25) is 0 Å². The summed E-state index contributed by atoms with van der Waals surface area (Å²) >= 11 is 0. The minimum absolute atomic E-state index is 0.0992. The Morgan fingerprint density at radius 3 is 1.90 bits per heavy atom. The average Bonchev–Trinajstić information content (AvgIpc) is 3.25. The molecule has 156 valence electrons. The van der Waals surface area contributed by atoms with Crippen LogP contribution in [0.15, 0.2) is 72.9 Å². The second-order valence-electron chi connectivity index (χ2n) is 9.43. The molecule has 0 atom stereocenters. The van der Waals surface area contributed by atoms with Gasteiger partial charge in [-0.2, -0.15) is 5.10 Å². The van der Waals surface area contributed by atoms with E-state index in [0.717, 1.165) is 68.8 Å². The zero-order chi connectivity index (χ0) is 20.7. The molecule has 4 nitrogen and oxygen atoms in total. The Labute approximate surface area is 179 Å². The van der Waals surface area contributed by atoms with Gasteiger partial charge in [0.25, 0.3) is 0 Å². The number of rotatable bonds is 6. The number of quaternary nitrogens is 1. The van der Waals surface area contributed by atoms with Crippen molar-refractivity contribution >= 4 is 0 Å². The number of fused-ring (bicyclic) bond motifs is 3. The summed E-state index contributed by atoms with van der Waals surface area (Å²) in [7, 11) is 0. The third kappa shape index (κ3) is 3.10. The van der Waals surface area contributed by atoms with Gasteiger partial charge in [0, 0.05) is 30.9 Å². The summed E-state index contributed by atoms with van der Waals surface area (Å²) in [6.07, 6.45) is 5.28. The van der Waals surface area contributed by atoms with Crippen molar-refractivity contribution < 1.29 is 9.59 Å². The molecular weight excluding hydrogens is 370 g/mol. The third-order valence-electron chi connectivity index (χ3n) is 7.92. The molecule has 3 aliphatic heterocycles. The Morgan fingerprint density at radius 2 is 1.43 bits per heavy atom. The third-order valence-corrected chi connectivity index (χ3v) is 7.92. The van der Waals surface area contributed by atoms with Crippen LogP contribution >= 0.6 is 0 Å². The first-order valence-corrected chi connectivity index (χ1v) is 11.2. The fraction of sp³-hybridized carbons (Fsp3) is 0.423. The van der Waals surface area contributed by atoms with E-state index < -0.39 is 5.60 Å². The van der Waals surface area contributed by atoms with Gasteiger partial charge in [-0.05, 0) is 24.1 Å². The van der Waals surface area contributed by atoms with Gasteiger partial charge in [0.15, 0.2) is 0 Å². The Bertz CT molecular complexity index is 931. The summed E-state index contributed by atoms with van der Waals surface area (Å²) in [4.78, 5) is 0. The summed E-state index contributed by atoms with van der Waals surface area (Å²) in [6.45, 7) is 7.58. The molecule has 4 heteroatoms. The van der Waals surface area contributed by atoms with Gasteiger partial charge in [-0.3, -0.25) is 4.68 Å². The van der Waals surface area contributed by atoms with Crippen LogP contribution in [-0.4, -0.2) is 45.5 Å². The predicted molar refractivity (Wildman–Crippen MR) is 119 cm³/mol. The molecule has 4 heterocycles. The topological polar surface area (TPSA) is 38.0 Å². The second kappa shape index (κ2) is 7.36. The lowest BCUT2D eigenvalue weighted by molar-refractivity contribution is -0.946. The van der Waals surface area contributed by atoms with Gasteiger partial charge < -0.3 is 9.59 Å². The SMILES string of the molecule is Cc1ccn(CC[N+]23CCC(C(O)(c4ccccc4)c4ccccc4)(CC2)CC3)n1. The number of hydrogen-bond acceptors (Lipinski definition) is 2. The van der Waals surface area contributed by atoms with Crippen molar-refractivity contribution in [2.75, 3.05) is 26.2 Å². The van der Waals surface area contributed by atoms with Gasteiger partial charge in [-0.25, -0.2) is 0 Å². The first-order chi connectivity index (χ1) is 14.6. The standard InChI is InChI=1S/C26H32N3O/c1-22-12-16-28(27-22)17-21-29-18-13-25(14-19-29,15-20-29)26(30,23-8-4-2-5-9-23)24-10-6-3-7-11-24/h2-12,16,30H,13-15,17-21H2,1H3/q+1. The van der Waals surface area contributed by atoms with Gasteiger partial charge in [-0.15, -0.1) is 0 Å². The zero-order valence-corrected chi connectivity index (χ0v) is 17.9. The molecule has 0 aliphatic carbocycles. The molecule has 0 radical (unpaired) electrons. The van der Waals surface area contributed by atoms with Crippen LogP contribution in [0.4, 0.5) is 0 Å². The number of benzene rings is 2. The summed E-state index contributed by atoms with van der Waals surface area (Å²) < 4.78 is 3.25. The Hall–Kier alpha value is -2.43. The molecule has 2 bridgehead atoms. The van der Waals surface area contributed by atoms with Crippen LogP contribution in [0, 0.1) is 12.3 Å². The predicted octanol–water partition coefficient (Wildman–Crippen LogP) is 4.13. The van der Waals surface area contributed by atoms with E-state index in [0.29, 0.717) is 0 Å². The first-order valence-electron chi connectivity index (χ1n) is 11.2. The van der Waals surface area contributed by atoms with E-state index in [1.54, 1.807) is 0 Å². The molecule has 0 unspecified atom stereocenters. The van der Waals surface area contributed by atoms with Crippen molar-refractivity contribution in [3.8, 4) is 0 Å². The van der Waals surface area contributed by atoms with Gasteiger partial charge in [-0.1, -0.05) is 60.7 Å². The number of aliphatic hydroxyl groups is 1. The zero-order valence-electron chi connectivity index (χ0n) is 17.9. The van der Waals surface area contributed by atoms with Gasteiger partial charge in [0.05, 0.1) is 38.4 Å². The molecule has 0 amide bonds. The summed E-state index contributed by atoms with van der Waals surface area (Å²) in [6, 6.07) is 22.8. The summed E-state index contributed by atoms with van der Waals surface area (Å²) in [5.41, 5.74) is 2.11. The lowest BCUT2D eigenvalue weighted by atomic mass is 9.56. The van der Waals surface area contributed by atoms with Crippen LogP contribution in [0.2, 0.25) is 0 Å². The van der Waals surface area contributed by atoms with Crippen molar-refractivity contribution in [3.05, 3.63) is 89.7 Å². The molecule has 6 rings (SSSR count). The van der Waals surface area contributed by atoms with E-state index >= 15 is 0 Å². The van der Waals surface area contributed by atoms with E-state index in [9.17, 15) is 5.11 Å². The van der Waals surface area contributed by atoms with E-state index in [-0.39, 0.29) is 5.41 Å². The maximum absolute atomic E-state index is 12.4. The van der Waals surface area contributed by atoms with Crippen molar-refractivity contribution in [1.29, 1.82) is 0 Å². The average molecular weight is 403 g/mol. The van der Waals surface area contributed by atoms with Crippen molar-refractivity contribution in [3.63, 3.8) is 0 Å². The lowest BCUT2D eigenvalue weighted by Gasteiger charge is -2.60. The number of nitrogens with zero attached hydrogens (tertiary/aromatic N) is 3. The molecule has 3 saturated heterocycles. The molecule has 1 aromatic heterocycles. The van der Waals surface area contributed by atoms with Crippen molar-refractivity contribution in [2.45, 2.75) is 38.3 Å². The number of aryl methyl sites for hydroxylation is 1. The molecule has 0 spiro atoms. The van der Waals surface area contributed by atoms with Crippen LogP contribution in [0.3, 0.4) is 0 Å². The van der Waals surface area contributed by atoms with Crippen LogP contribution in [0.1, 0.15) is 36.1 Å². The normalized spacial score (nSPS) is 26.1. The highest BCUT2D eigenvalue weighted by atomic mass is 16.3. The monoisotopic (exact) mass is 402 g/mol. The quantitative estimate of drug-likeness (QED) is 0.630.